The lowest BCUT2D eigenvalue weighted by molar-refractivity contribution is -0.0711. The van der Waals surface area contributed by atoms with Crippen LogP contribution in [0, 0.1) is 18.6 Å². The fourth-order valence-corrected chi connectivity index (χ4v) is 5.14. The molecule has 0 aliphatic carbocycles. The number of aryl methyl sites for hydroxylation is 2. The molecule has 5 heterocycles. The number of halogens is 5. The number of methoxy groups -OCH3 is 1. The van der Waals surface area contributed by atoms with Gasteiger partial charge in [-0.2, -0.15) is 4.98 Å². The fourth-order valence-electron chi connectivity index (χ4n) is 5.14. The third-order valence-electron chi connectivity index (χ3n) is 7.12. The van der Waals surface area contributed by atoms with Gasteiger partial charge in [0.05, 0.1) is 56.7 Å². The molecule has 14 heteroatoms. The molecule has 6 rings (SSSR count). The van der Waals surface area contributed by atoms with Gasteiger partial charge in [0.2, 0.25) is 11.8 Å². The van der Waals surface area contributed by atoms with Crippen molar-refractivity contribution in [3.8, 4) is 17.0 Å². The van der Waals surface area contributed by atoms with Crippen LogP contribution in [0.2, 0.25) is 0 Å². The van der Waals surface area contributed by atoms with Crippen molar-refractivity contribution in [3.63, 3.8) is 0 Å². The summed E-state index contributed by atoms with van der Waals surface area (Å²) in [6.45, 7) is 1.35. The molecule has 1 unspecified atom stereocenters. The van der Waals surface area contributed by atoms with Crippen molar-refractivity contribution in [3.05, 3.63) is 35.8 Å². The number of fused-ring (bicyclic) bond motifs is 2. The highest BCUT2D eigenvalue weighted by Crippen LogP contribution is 2.37. The van der Waals surface area contributed by atoms with Gasteiger partial charge in [0.1, 0.15) is 29.6 Å². The molecule has 0 bridgehead atoms. The van der Waals surface area contributed by atoms with Gasteiger partial charge in [-0.15, -0.1) is 5.10 Å². The van der Waals surface area contributed by atoms with Crippen molar-refractivity contribution in [2.75, 3.05) is 45.4 Å². The lowest BCUT2D eigenvalue weighted by Gasteiger charge is -2.34. The van der Waals surface area contributed by atoms with E-state index in [9.17, 15) is 13.2 Å². The van der Waals surface area contributed by atoms with Gasteiger partial charge in [-0.3, -0.25) is 4.90 Å². The van der Waals surface area contributed by atoms with Gasteiger partial charge in [-0.1, -0.05) is 0 Å². The van der Waals surface area contributed by atoms with E-state index in [2.05, 4.69) is 20.4 Å². The Morgan fingerprint density at radius 1 is 1.18 bits per heavy atom. The molecule has 2 aliphatic rings. The minimum absolute atomic E-state index is 0.0390. The van der Waals surface area contributed by atoms with Crippen LogP contribution in [0.1, 0.15) is 5.82 Å². The average Bonchev–Trinajstić information content (AvgIpc) is 3.43. The van der Waals surface area contributed by atoms with Crippen LogP contribution in [-0.2, 0) is 11.3 Å². The number of nitrogens with one attached hydrogen (secondary N) is 1. The van der Waals surface area contributed by atoms with E-state index < -0.39 is 36.8 Å². The van der Waals surface area contributed by atoms with Crippen LogP contribution < -0.4 is 10.1 Å². The Bertz CT molecular complexity index is 1530. The molecule has 2 fully saturated rings. The first-order chi connectivity index (χ1) is 18.2. The number of imidazole rings is 1. The Kier molecular flexibility index (Phi) is 5.90. The van der Waals surface area contributed by atoms with Crippen LogP contribution in [0.15, 0.2) is 18.3 Å². The maximum absolute atomic E-state index is 15.3. The highest BCUT2D eigenvalue weighted by atomic mass is 19.3. The van der Waals surface area contributed by atoms with Crippen LogP contribution in [0.4, 0.5) is 27.9 Å². The van der Waals surface area contributed by atoms with Crippen LogP contribution in [0.5, 0.6) is 5.88 Å². The quantitative estimate of drug-likeness (QED) is 0.362. The van der Waals surface area contributed by atoms with Crippen molar-refractivity contribution >= 4 is 22.5 Å². The number of aromatic nitrogens is 5. The monoisotopic (exact) mass is 537 g/mol. The molecule has 4 aromatic rings. The molecule has 0 amide bonds. The van der Waals surface area contributed by atoms with Gasteiger partial charge in [-0.25, -0.2) is 31.5 Å². The largest absolute Gasteiger partial charge is 0.479 e. The first kappa shape index (κ1) is 24.8. The fraction of sp³-hybridized carbons (Fsp3) is 0.458. The maximum Gasteiger partial charge on any atom is 0.281 e. The number of alkyl halides is 3. The standard InChI is InChI=1S/C24H24F5N7O2/c1-12-30-20-15(26)5-13(6-17(20)35(12)4-3-25)19-16(27)7-36-21(19)22(37-2)32-23(33-36)31-18-8-34(11-24(18,28)29)14-9-38-10-14/h5-7,14,18H,3-4,8-11H2,1-2H3,(H,31,33). The summed E-state index contributed by atoms with van der Waals surface area (Å²) in [5.74, 6) is -4.38. The van der Waals surface area contributed by atoms with Crippen molar-refractivity contribution < 1.29 is 31.4 Å². The van der Waals surface area contributed by atoms with E-state index in [-0.39, 0.29) is 53.1 Å². The van der Waals surface area contributed by atoms with Crippen molar-refractivity contribution in [2.24, 2.45) is 0 Å². The molecular weight excluding hydrogens is 513 g/mol. The Hall–Kier alpha value is -3.52. The predicted octanol–water partition coefficient (Wildman–Crippen LogP) is 3.44. The van der Waals surface area contributed by atoms with Crippen molar-refractivity contribution in [1.82, 2.24) is 29.0 Å². The molecule has 202 valence electrons. The molecule has 1 atom stereocenters. The zero-order valence-corrected chi connectivity index (χ0v) is 20.5. The minimum Gasteiger partial charge on any atom is -0.479 e. The molecule has 0 spiro atoms. The Morgan fingerprint density at radius 3 is 2.66 bits per heavy atom. The second kappa shape index (κ2) is 9.05. The SMILES string of the molecule is COc1nc(NC2CN(C3COC3)CC2(F)F)nn2cc(F)c(-c3cc(F)c4nc(C)n(CCF)c4c3)c12. The molecule has 0 saturated carbocycles. The van der Waals surface area contributed by atoms with E-state index in [1.165, 1.54) is 17.7 Å². The predicted molar refractivity (Wildman–Crippen MR) is 127 cm³/mol. The van der Waals surface area contributed by atoms with E-state index >= 15 is 8.78 Å². The van der Waals surface area contributed by atoms with Gasteiger partial charge >= 0.3 is 0 Å². The summed E-state index contributed by atoms with van der Waals surface area (Å²) in [6, 6.07) is 1.29. The summed E-state index contributed by atoms with van der Waals surface area (Å²) in [7, 11) is 1.30. The van der Waals surface area contributed by atoms with E-state index in [0.717, 1.165) is 16.8 Å². The van der Waals surface area contributed by atoms with Crippen LogP contribution in [-0.4, -0.2) is 87.1 Å². The minimum atomic E-state index is -3.05. The van der Waals surface area contributed by atoms with Crippen molar-refractivity contribution in [1.29, 1.82) is 0 Å². The maximum atomic E-state index is 15.3. The average molecular weight is 537 g/mol. The van der Waals surface area contributed by atoms with Crippen molar-refractivity contribution in [2.45, 2.75) is 31.5 Å². The normalized spacial score (nSPS) is 19.9. The second-order valence-electron chi connectivity index (χ2n) is 9.49. The molecule has 0 radical (unpaired) electrons. The van der Waals surface area contributed by atoms with E-state index in [1.807, 2.05) is 0 Å². The number of hydrogen-bond acceptors (Lipinski definition) is 7. The molecule has 9 nitrogen and oxygen atoms in total. The Morgan fingerprint density at radius 2 is 1.97 bits per heavy atom. The van der Waals surface area contributed by atoms with Gasteiger partial charge in [-0.05, 0) is 24.6 Å². The highest BCUT2D eigenvalue weighted by Gasteiger charge is 2.51. The van der Waals surface area contributed by atoms with E-state index in [1.54, 1.807) is 11.8 Å². The molecule has 3 aromatic heterocycles. The first-order valence-electron chi connectivity index (χ1n) is 12.0. The Balaban J connectivity index is 1.40. The zero-order chi connectivity index (χ0) is 26.8. The molecule has 2 aliphatic heterocycles. The number of rotatable bonds is 7. The van der Waals surface area contributed by atoms with E-state index in [0.29, 0.717) is 24.6 Å². The summed E-state index contributed by atoms with van der Waals surface area (Å²) in [4.78, 5) is 10.0. The van der Waals surface area contributed by atoms with Gasteiger partial charge < -0.3 is 19.4 Å². The molecule has 1 aromatic carbocycles. The molecular formula is C24H24F5N7O2. The zero-order valence-electron chi connectivity index (χ0n) is 20.5. The molecule has 38 heavy (non-hydrogen) atoms. The molecule has 2 saturated heterocycles. The molecule has 1 N–H and O–H groups in total. The smallest absolute Gasteiger partial charge is 0.281 e. The Labute approximate surface area is 213 Å². The van der Waals surface area contributed by atoms with E-state index in [4.69, 9.17) is 9.47 Å². The van der Waals surface area contributed by atoms with Crippen LogP contribution >= 0.6 is 0 Å². The lowest BCUT2D eigenvalue weighted by Crippen LogP contribution is -2.48. The number of ether oxygens (including phenoxy) is 2. The summed E-state index contributed by atoms with van der Waals surface area (Å²) in [6.07, 6.45) is 1.04. The lowest BCUT2D eigenvalue weighted by atomic mass is 10.1. The number of nitrogens with zero attached hydrogens (tertiary/aromatic N) is 6. The summed E-state index contributed by atoms with van der Waals surface area (Å²) in [5.41, 5.74) is 0.504. The highest BCUT2D eigenvalue weighted by molar-refractivity contribution is 5.90. The second-order valence-corrected chi connectivity index (χ2v) is 9.49. The first-order valence-corrected chi connectivity index (χ1v) is 12.0. The summed E-state index contributed by atoms with van der Waals surface area (Å²) < 4.78 is 86.1. The summed E-state index contributed by atoms with van der Waals surface area (Å²) >= 11 is 0. The number of likely N-dealkylation sites (tertiary alicyclic amines) is 1. The van der Waals surface area contributed by atoms with Crippen LogP contribution in [0.3, 0.4) is 0 Å². The third kappa shape index (κ3) is 3.93. The number of hydrogen-bond donors (Lipinski definition) is 1. The van der Waals surface area contributed by atoms with Gasteiger partial charge in [0.15, 0.2) is 11.6 Å². The summed E-state index contributed by atoms with van der Waals surface area (Å²) in [5, 5.41) is 6.87. The number of anilines is 1. The third-order valence-corrected chi connectivity index (χ3v) is 7.12. The van der Waals surface area contributed by atoms with Crippen LogP contribution in [0.25, 0.3) is 27.7 Å². The number of benzene rings is 1. The van der Waals surface area contributed by atoms with Gasteiger partial charge in [0.25, 0.3) is 5.92 Å². The topological polar surface area (TPSA) is 81.7 Å². The van der Waals surface area contributed by atoms with Gasteiger partial charge in [0, 0.05) is 6.54 Å².